The van der Waals surface area contributed by atoms with Crippen LogP contribution >= 0.6 is 0 Å². The normalized spacial score (nSPS) is 16.1. The van der Waals surface area contributed by atoms with Crippen LogP contribution in [-0.4, -0.2) is 31.1 Å². The van der Waals surface area contributed by atoms with Crippen molar-refractivity contribution < 1.29 is 9.53 Å². The molecule has 1 unspecified atom stereocenters. The highest BCUT2D eigenvalue weighted by atomic mass is 16.5. The summed E-state index contributed by atoms with van der Waals surface area (Å²) in [4.78, 5) is 16.9. The predicted molar refractivity (Wildman–Crippen MR) is 96.8 cm³/mol. The molecule has 2 aromatic rings. The van der Waals surface area contributed by atoms with Crippen molar-refractivity contribution in [3.05, 3.63) is 59.7 Å². The van der Waals surface area contributed by atoms with Gasteiger partial charge >= 0.3 is 6.03 Å². The Labute approximate surface area is 143 Å². The van der Waals surface area contributed by atoms with Crippen LogP contribution in [0.4, 0.5) is 16.2 Å². The lowest BCUT2D eigenvalue weighted by Crippen LogP contribution is -2.41. The number of hydrogen-bond donors (Lipinski definition) is 0. The number of rotatable bonds is 3. The lowest BCUT2D eigenvalue weighted by molar-refractivity contribution is 0.105. The van der Waals surface area contributed by atoms with Crippen molar-refractivity contribution in [2.24, 2.45) is 0 Å². The predicted octanol–water partition coefficient (Wildman–Crippen LogP) is 4.53. The van der Waals surface area contributed by atoms with Crippen molar-refractivity contribution >= 4 is 17.4 Å². The first kappa shape index (κ1) is 16.5. The van der Waals surface area contributed by atoms with Crippen LogP contribution in [0.2, 0.25) is 0 Å². The van der Waals surface area contributed by atoms with Crippen LogP contribution in [0.15, 0.2) is 48.5 Å². The number of carbonyl (C=O) groups is 1. The van der Waals surface area contributed by atoms with E-state index in [4.69, 9.17) is 4.74 Å². The van der Waals surface area contributed by atoms with E-state index in [1.807, 2.05) is 60.0 Å². The van der Waals surface area contributed by atoms with Gasteiger partial charge in [0.25, 0.3) is 0 Å². The highest BCUT2D eigenvalue weighted by Gasteiger charge is 2.31. The van der Waals surface area contributed by atoms with E-state index in [-0.39, 0.29) is 12.1 Å². The Kier molecular flexibility index (Phi) is 4.86. The highest BCUT2D eigenvalue weighted by Crippen LogP contribution is 2.41. The summed E-state index contributed by atoms with van der Waals surface area (Å²) in [5.41, 5.74) is 4.03. The molecule has 1 atom stereocenters. The van der Waals surface area contributed by atoms with Gasteiger partial charge < -0.3 is 9.64 Å². The molecule has 2 aromatic carbocycles. The van der Waals surface area contributed by atoms with Crippen molar-refractivity contribution in [1.29, 1.82) is 0 Å². The van der Waals surface area contributed by atoms with Crippen LogP contribution in [0.3, 0.4) is 0 Å². The zero-order valence-electron chi connectivity index (χ0n) is 14.5. The molecule has 126 valence electrons. The van der Waals surface area contributed by atoms with Gasteiger partial charge in [0, 0.05) is 32.2 Å². The van der Waals surface area contributed by atoms with Crippen LogP contribution in [0.1, 0.15) is 31.1 Å². The second kappa shape index (κ2) is 7.05. The molecule has 24 heavy (non-hydrogen) atoms. The van der Waals surface area contributed by atoms with Gasteiger partial charge in [0.05, 0.1) is 17.5 Å². The van der Waals surface area contributed by atoms with E-state index in [2.05, 4.69) is 12.1 Å². The van der Waals surface area contributed by atoms with Gasteiger partial charge in [0.15, 0.2) is 0 Å². The number of anilines is 2. The van der Waals surface area contributed by atoms with E-state index in [9.17, 15) is 4.79 Å². The van der Waals surface area contributed by atoms with Gasteiger partial charge in [-0.1, -0.05) is 36.4 Å². The van der Waals surface area contributed by atoms with E-state index in [0.29, 0.717) is 13.1 Å². The lowest BCUT2D eigenvalue weighted by Gasteiger charge is -2.30. The average molecular weight is 324 g/mol. The number of fused-ring (bicyclic) bond motifs is 2. The van der Waals surface area contributed by atoms with E-state index < -0.39 is 0 Å². The summed E-state index contributed by atoms with van der Waals surface area (Å²) in [5.74, 6) is 0. The summed E-state index contributed by atoms with van der Waals surface area (Å²) in [5, 5.41) is 0. The topological polar surface area (TPSA) is 32.8 Å². The van der Waals surface area contributed by atoms with E-state index in [1.165, 1.54) is 0 Å². The first-order chi connectivity index (χ1) is 11.7. The first-order valence-electron chi connectivity index (χ1n) is 8.49. The molecule has 0 aliphatic carbocycles. The molecule has 0 spiro atoms. The van der Waals surface area contributed by atoms with E-state index >= 15 is 0 Å². The molecule has 1 aliphatic heterocycles. The number of carbonyl (C=O) groups excluding carboxylic acids is 1. The first-order valence-corrected chi connectivity index (χ1v) is 8.49. The number of amides is 2. The third-order valence-corrected chi connectivity index (χ3v) is 4.67. The fourth-order valence-corrected chi connectivity index (χ4v) is 3.36. The summed E-state index contributed by atoms with van der Waals surface area (Å²) in [6, 6.07) is 16.1. The number of urea groups is 1. The van der Waals surface area contributed by atoms with Crippen molar-refractivity contribution in [1.82, 2.24) is 4.90 Å². The average Bonchev–Trinajstić information content (AvgIpc) is 2.76. The lowest BCUT2D eigenvalue weighted by atomic mass is 10.0. The van der Waals surface area contributed by atoms with Crippen molar-refractivity contribution in [3.8, 4) is 0 Å². The Morgan fingerprint density at radius 3 is 2.38 bits per heavy atom. The number of nitrogens with zero attached hydrogens (tertiary/aromatic N) is 2. The SMILES string of the molecule is CCN(CC)C(=O)N1c2ccccc2CC(OC)c2ccccc21. The van der Waals surface area contributed by atoms with Crippen LogP contribution in [0, 0.1) is 0 Å². The summed E-state index contributed by atoms with van der Waals surface area (Å²) in [6.45, 7) is 5.39. The summed E-state index contributed by atoms with van der Waals surface area (Å²) in [7, 11) is 1.73. The van der Waals surface area contributed by atoms with Gasteiger partial charge in [-0.25, -0.2) is 4.79 Å². The third-order valence-electron chi connectivity index (χ3n) is 4.67. The third kappa shape index (κ3) is 2.78. The number of para-hydroxylation sites is 2. The highest BCUT2D eigenvalue weighted by molar-refractivity contribution is 6.01. The van der Waals surface area contributed by atoms with Gasteiger partial charge in [-0.15, -0.1) is 0 Å². The Hall–Kier alpha value is -2.33. The molecule has 1 aliphatic rings. The number of ether oxygens (including phenoxy) is 1. The maximum Gasteiger partial charge on any atom is 0.329 e. The maximum atomic E-state index is 13.2. The smallest absolute Gasteiger partial charge is 0.329 e. The Morgan fingerprint density at radius 1 is 1.08 bits per heavy atom. The molecule has 0 aromatic heterocycles. The quantitative estimate of drug-likeness (QED) is 0.831. The van der Waals surface area contributed by atoms with E-state index in [0.717, 1.165) is 28.9 Å². The number of methoxy groups -OCH3 is 1. The van der Waals surface area contributed by atoms with Crippen LogP contribution in [-0.2, 0) is 11.2 Å². The standard InChI is InChI=1S/C20H24N2O2/c1-4-21(5-2)20(23)22-17-12-8-6-10-15(17)14-19(24-3)16-11-7-9-13-18(16)22/h6-13,19H,4-5,14H2,1-3H3. The monoisotopic (exact) mass is 324 g/mol. The van der Waals surface area contributed by atoms with Gasteiger partial charge in [-0.05, 0) is 31.5 Å². The second-order valence-corrected chi connectivity index (χ2v) is 5.91. The van der Waals surface area contributed by atoms with Gasteiger partial charge in [0.1, 0.15) is 0 Å². The molecule has 0 saturated heterocycles. The maximum absolute atomic E-state index is 13.2. The largest absolute Gasteiger partial charge is 0.376 e. The van der Waals surface area contributed by atoms with Gasteiger partial charge in [-0.3, -0.25) is 4.90 Å². The van der Waals surface area contributed by atoms with Gasteiger partial charge in [0.2, 0.25) is 0 Å². The molecule has 0 N–H and O–H groups in total. The zero-order chi connectivity index (χ0) is 17.1. The molecule has 2 amide bonds. The molecule has 3 rings (SSSR count). The fourth-order valence-electron chi connectivity index (χ4n) is 3.36. The van der Waals surface area contributed by atoms with Crippen LogP contribution in [0.5, 0.6) is 0 Å². The van der Waals surface area contributed by atoms with Crippen LogP contribution < -0.4 is 4.90 Å². The minimum atomic E-state index is -0.0585. The Morgan fingerprint density at radius 2 is 1.71 bits per heavy atom. The summed E-state index contributed by atoms with van der Waals surface area (Å²) >= 11 is 0. The number of hydrogen-bond acceptors (Lipinski definition) is 2. The van der Waals surface area contributed by atoms with Crippen LogP contribution in [0.25, 0.3) is 0 Å². The fraction of sp³-hybridized carbons (Fsp3) is 0.350. The molecule has 0 radical (unpaired) electrons. The molecule has 4 nitrogen and oxygen atoms in total. The Bertz CT molecular complexity index is 725. The molecular formula is C20H24N2O2. The molecule has 4 heteroatoms. The van der Waals surface area contributed by atoms with Gasteiger partial charge in [-0.2, -0.15) is 0 Å². The molecule has 0 fully saturated rings. The molecular weight excluding hydrogens is 300 g/mol. The zero-order valence-corrected chi connectivity index (χ0v) is 14.5. The minimum absolute atomic E-state index is 0.0108. The molecule has 0 bridgehead atoms. The minimum Gasteiger partial charge on any atom is -0.376 e. The van der Waals surface area contributed by atoms with Crippen molar-refractivity contribution in [3.63, 3.8) is 0 Å². The Balaban J connectivity index is 2.21. The van der Waals surface area contributed by atoms with Crippen molar-refractivity contribution in [2.45, 2.75) is 26.4 Å². The second-order valence-electron chi connectivity index (χ2n) is 5.91. The molecule has 0 saturated carbocycles. The van der Waals surface area contributed by atoms with E-state index in [1.54, 1.807) is 7.11 Å². The summed E-state index contributed by atoms with van der Waals surface area (Å²) in [6.07, 6.45) is 0.697. The number of benzene rings is 2. The van der Waals surface area contributed by atoms with Crippen molar-refractivity contribution in [2.75, 3.05) is 25.1 Å². The summed E-state index contributed by atoms with van der Waals surface area (Å²) < 4.78 is 5.74. The molecule has 1 heterocycles.